The first-order valence-corrected chi connectivity index (χ1v) is 6.10. The van der Waals surface area contributed by atoms with Gasteiger partial charge in [-0.15, -0.1) is 13.2 Å². The molecule has 0 aliphatic heterocycles. The minimum atomic E-state index is 0.904. The highest BCUT2D eigenvalue weighted by Crippen LogP contribution is 2.26. The molecule has 0 heteroatoms. The summed E-state index contributed by atoms with van der Waals surface area (Å²) < 4.78 is 0. The number of allylic oxidation sites excluding steroid dienone is 7. The van der Waals surface area contributed by atoms with Crippen LogP contribution in [0.1, 0.15) is 12.5 Å². The van der Waals surface area contributed by atoms with Gasteiger partial charge in [0.25, 0.3) is 0 Å². The Hall–Kier alpha value is -2.34. The topological polar surface area (TPSA) is 0 Å². The maximum Gasteiger partial charge on any atom is -0.0154 e. The second kappa shape index (κ2) is 9.67. The fourth-order valence-corrected chi connectivity index (χ4v) is 1.59. The lowest BCUT2D eigenvalue weighted by Crippen LogP contribution is -1.90. The molecule has 0 radical (unpaired) electrons. The monoisotopic (exact) mass is 250 g/mol. The fraction of sp³-hybridized carbons (Fsp3) is 0.0526. The van der Waals surface area contributed by atoms with E-state index < -0.39 is 0 Å². The molecule has 0 unspecified atom stereocenters. The van der Waals surface area contributed by atoms with E-state index in [-0.39, 0.29) is 0 Å². The molecule has 1 aromatic carbocycles. The van der Waals surface area contributed by atoms with E-state index in [1.54, 1.807) is 6.08 Å². The molecule has 0 aromatic heterocycles. The third-order valence-electron chi connectivity index (χ3n) is 2.52. The normalized spacial score (nSPS) is 10.5. The fourth-order valence-electron chi connectivity index (χ4n) is 1.59. The summed E-state index contributed by atoms with van der Waals surface area (Å²) in [4.78, 5) is 0. The molecule has 1 rings (SSSR count). The van der Waals surface area contributed by atoms with Crippen LogP contribution in [0, 0.1) is 0 Å². The molecule has 0 nitrogen and oxygen atoms in total. The molecule has 19 heavy (non-hydrogen) atoms. The Morgan fingerprint density at radius 2 is 1.63 bits per heavy atom. The number of hydrogen-bond donors (Lipinski definition) is 0. The Balaban J connectivity index is 0.00000154. The average Bonchev–Trinajstić information content (AvgIpc) is 2.48. The Morgan fingerprint density at radius 1 is 1.05 bits per heavy atom. The van der Waals surface area contributed by atoms with E-state index >= 15 is 0 Å². The van der Waals surface area contributed by atoms with Gasteiger partial charge in [-0.2, -0.15) is 0 Å². The zero-order valence-corrected chi connectivity index (χ0v) is 11.7. The van der Waals surface area contributed by atoms with Gasteiger partial charge in [0, 0.05) is 0 Å². The molecule has 0 bridgehead atoms. The van der Waals surface area contributed by atoms with Gasteiger partial charge in [0.05, 0.1) is 0 Å². The van der Waals surface area contributed by atoms with Gasteiger partial charge in [-0.05, 0) is 29.2 Å². The van der Waals surface area contributed by atoms with Crippen molar-refractivity contribution in [3.8, 4) is 0 Å². The maximum atomic E-state index is 4.10. The SMILES string of the molecule is C=C.C=C/C=C\C(=C)C(=C)/C(=C\C)c1ccccc1. The summed E-state index contributed by atoms with van der Waals surface area (Å²) in [6.45, 7) is 19.8. The van der Waals surface area contributed by atoms with Crippen molar-refractivity contribution in [2.75, 3.05) is 0 Å². The van der Waals surface area contributed by atoms with Crippen molar-refractivity contribution in [1.82, 2.24) is 0 Å². The first-order valence-electron chi connectivity index (χ1n) is 6.10. The van der Waals surface area contributed by atoms with Crippen LogP contribution < -0.4 is 0 Å². The van der Waals surface area contributed by atoms with E-state index in [1.807, 2.05) is 37.3 Å². The lowest BCUT2D eigenvalue weighted by atomic mass is 9.94. The summed E-state index contributed by atoms with van der Waals surface area (Å²) in [7, 11) is 0. The van der Waals surface area contributed by atoms with E-state index in [0.717, 1.165) is 22.3 Å². The molecule has 0 heterocycles. The molecule has 0 saturated carbocycles. The summed E-state index contributed by atoms with van der Waals surface area (Å²) in [5.41, 5.74) is 4.12. The van der Waals surface area contributed by atoms with E-state index in [9.17, 15) is 0 Å². The Labute approximate surface area is 117 Å². The van der Waals surface area contributed by atoms with Crippen molar-refractivity contribution in [2.45, 2.75) is 6.92 Å². The second-order valence-electron chi connectivity index (χ2n) is 3.67. The van der Waals surface area contributed by atoms with Crippen molar-refractivity contribution in [2.24, 2.45) is 0 Å². The lowest BCUT2D eigenvalue weighted by molar-refractivity contribution is 1.52. The van der Waals surface area contributed by atoms with Crippen LogP contribution in [0.3, 0.4) is 0 Å². The second-order valence-corrected chi connectivity index (χ2v) is 3.67. The first-order chi connectivity index (χ1) is 9.20. The number of rotatable bonds is 5. The molecule has 0 amide bonds. The van der Waals surface area contributed by atoms with Crippen LogP contribution >= 0.6 is 0 Å². The van der Waals surface area contributed by atoms with Crippen molar-refractivity contribution in [1.29, 1.82) is 0 Å². The minimum absolute atomic E-state index is 0.904. The summed E-state index contributed by atoms with van der Waals surface area (Å²) in [6.07, 6.45) is 7.58. The summed E-state index contributed by atoms with van der Waals surface area (Å²) in [5.74, 6) is 0. The highest BCUT2D eigenvalue weighted by molar-refractivity contribution is 5.83. The molecular weight excluding hydrogens is 228 g/mol. The highest BCUT2D eigenvalue weighted by Gasteiger charge is 2.05. The van der Waals surface area contributed by atoms with Gasteiger partial charge in [0.15, 0.2) is 0 Å². The van der Waals surface area contributed by atoms with Crippen molar-refractivity contribution in [3.05, 3.63) is 104 Å². The third-order valence-corrected chi connectivity index (χ3v) is 2.52. The van der Waals surface area contributed by atoms with Gasteiger partial charge >= 0.3 is 0 Å². The summed E-state index contributed by atoms with van der Waals surface area (Å²) >= 11 is 0. The Kier molecular flexibility index (Phi) is 8.48. The predicted octanol–water partition coefficient (Wildman–Crippen LogP) is 5.75. The van der Waals surface area contributed by atoms with Crippen LogP contribution in [0.15, 0.2) is 98.7 Å². The zero-order chi connectivity index (χ0) is 14.7. The largest absolute Gasteiger partial charge is 0.106 e. The first kappa shape index (κ1) is 16.7. The smallest absolute Gasteiger partial charge is 0.0154 e. The quantitative estimate of drug-likeness (QED) is 0.461. The molecule has 0 N–H and O–H groups in total. The van der Waals surface area contributed by atoms with Gasteiger partial charge in [-0.3, -0.25) is 0 Å². The average molecular weight is 250 g/mol. The molecule has 0 fully saturated rings. The standard InChI is InChI=1S/C17H18.C2H4/c1-5-7-11-14(3)15(4)17(6-2)16-12-9-8-10-13-16;1-2/h5-13H,1,3-4H2,2H3;1-2H2/b11-7-,17-6+;. The third kappa shape index (κ3) is 5.22. The van der Waals surface area contributed by atoms with Crippen LogP contribution in [-0.2, 0) is 0 Å². The molecule has 98 valence electrons. The molecule has 0 aliphatic rings. The van der Waals surface area contributed by atoms with E-state index in [1.165, 1.54) is 0 Å². The van der Waals surface area contributed by atoms with E-state index in [0.29, 0.717) is 0 Å². The molecular formula is C19H22. The Morgan fingerprint density at radius 3 is 2.11 bits per heavy atom. The minimum Gasteiger partial charge on any atom is -0.106 e. The van der Waals surface area contributed by atoms with Gasteiger partial charge < -0.3 is 0 Å². The molecule has 1 aromatic rings. The lowest BCUT2D eigenvalue weighted by Gasteiger charge is -2.11. The number of hydrogen-bond acceptors (Lipinski definition) is 0. The molecule has 0 spiro atoms. The number of benzene rings is 1. The zero-order valence-electron chi connectivity index (χ0n) is 11.7. The van der Waals surface area contributed by atoms with Crippen molar-refractivity contribution >= 4 is 5.57 Å². The summed E-state index contributed by atoms with van der Waals surface area (Å²) in [6, 6.07) is 10.2. The van der Waals surface area contributed by atoms with Crippen molar-refractivity contribution < 1.29 is 0 Å². The predicted molar refractivity (Wildman–Crippen MR) is 89.0 cm³/mol. The van der Waals surface area contributed by atoms with E-state index in [2.05, 4.69) is 51.1 Å². The van der Waals surface area contributed by atoms with Crippen LogP contribution in [0.25, 0.3) is 5.57 Å². The Bertz CT molecular complexity index is 484. The van der Waals surface area contributed by atoms with Gasteiger partial charge in [-0.1, -0.05) is 74.4 Å². The van der Waals surface area contributed by atoms with Crippen LogP contribution in [0.4, 0.5) is 0 Å². The van der Waals surface area contributed by atoms with Gasteiger partial charge in [0.1, 0.15) is 0 Å². The van der Waals surface area contributed by atoms with Crippen LogP contribution in [0.5, 0.6) is 0 Å². The highest BCUT2D eigenvalue weighted by atomic mass is 14.1. The van der Waals surface area contributed by atoms with Crippen LogP contribution in [0.2, 0.25) is 0 Å². The van der Waals surface area contributed by atoms with Gasteiger partial charge in [0.2, 0.25) is 0 Å². The molecule has 0 saturated heterocycles. The molecule has 0 aliphatic carbocycles. The maximum absolute atomic E-state index is 4.10. The van der Waals surface area contributed by atoms with E-state index in [4.69, 9.17) is 0 Å². The van der Waals surface area contributed by atoms with Crippen molar-refractivity contribution in [3.63, 3.8) is 0 Å². The van der Waals surface area contributed by atoms with Crippen LogP contribution in [-0.4, -0.2) is 0 Å². The summed E-state index contributed by atoms with van der Waals surface area (Å²) in [5, 5.41) is 0. The molecule has 0 atom stereocenters. The van der Waals surface area contributed by atoms with Gasteiger partial charge in [-0.25, -0.2) is 0 Å².